The third-order valence-corrected chi connectivity index (χ3v) is 6.57. The third kappa shape index (κ3) is 4.14. The fourth-order valence-corrected chi connectivity index (χ4v) is 4.98. The van der Waals surface area contributed by atoms with Gasteiger partial charge in [-0.1, -0.05) is 6.07 Å². The maximum absolute atomic E-state index is 14.0. The molecule has 0 aliphatic carbocycles. The number of carbonyl (C=O) groups is 1. The maximum atomic E-state index is 14.0. The number of rotatable bonds is 4. The molecule has 2 aliphatic rings. The van der Waals surface area contributed by atoms with Crippen molar-refractivity contribution in [2.45, 2.75) is 31.9 Å². The lowest BCUT2D eigenvalue weighted by atomic mass is 9.98. The lowest BCUT2D eigenvalue weighted by molar-refractivity contribution is 0.0517. The van der Waals surface area contributed by atoms with Gasteiger partial charge in [0.1, 0.15) is 11.4 Å². The molecule has 5 rings (SSSR count). The first kappa shape index (κ1) is 22.4. The van der Waals surface area contributed by atoms with Crippen molar-refractivity contribution in [2.75, 3.05) is 43.2 Å². The van der Waals surface area contributed by atoms with Gasteiger partial charge in [-0.2, -0.15) is 0 Å². The van der Waals surface area contributed by atoms with E-state index in [4.69, 9.17) is 13.9 Å². The van der Waals surface area contributed by atoms with Gasteiger partial charge in [0.15, 0.2) is 11.3 Å². The van der Waals surface area contributed by atoms with Gasteiger partial charge in [-0.05, 0) is 50.1 Å². The molecule has 0 spiro atoms. The minimum absolute atomic E-state index is 0.0224. The van der Waals surface area contributed by atoms with Crippen LogP contribution in [0.1, 0.15) is 41.7 Å². The molecule has 178 valence electrons. The van der Waals surface area contributed by atoms with Gasteiger partial charge in [-0.25, -0.2) is 9.18 Å². The molecule has 2 aromatic carbocycles. The number of esters is 1. The molecule has 1 aromatic heterocycles. The average molecular weight is 467 g/mol. The van der Waals surface area contributed by atoms with Crippen LogP contribution in [0.3, 0.4) is 0 Å². The van der Waals surface area contributed by atoms with Crippen molar-refractivity contribution in [2.24, 2.45) is 0 Å². The van der Waals surface area contributed by atoms with E-state index in [0.29, 0.717) is 36.5 Å². The molecule has 0 radical (unpaired) electrons. The van der Waals surface area contributed by atoms with Crippen LogP contribution in [-0.2, 0) is 9.47 Å². The molecule has 34 heavy (non-hydrogen) atoms. The van der Waals surface area contributed by atoms with Crippen LogP contribution in [0.2, 0.25) is 0 Å². The highest BCUT2D eigenvalue weighted by Gasteiger charge is 2.31. The minimum atomic E-state index is -0.524. The van der Waals surface area contributed by atoms with Gasteiger partial charge >= 0.3 is 5.97 Å². The molecule has 3 heterocycles. The molecular weight excluding hydrogens is 439 g/mol. The molecule has 2 aliphatic heterocycles. The number of methoxy groups -OCH3 is 1. The van der Waals surface area contributed by atoms with Crippen molar-refractivity contribution in [1.82, 2.24) is 0 Å². The van der Waals surface area contributed by atoms with E-state index < -0.39 is 5.97 Å². The molecule has 2 fully saturated rings. The van der Waals surface area contributed by atoms with Gasteiger partial charge in [0.2, 0.25) is 0 Å². The summed E-state index contributed by atoms with van der Waals surface area (Å²) in [5.41, 5.74) is 1.98. The molecule has 3 aromatic rings. The number of morpholine rings is 1. The van der Waals surface area contributed by atoms with Gasteiger partial charge in [-0.15, -0.1) is 0 Å². The number of carbonyl (C=O) groups excluding carboxylic acids is 1. The molecule has 2 saturated heterocycles. The molecule has 2 unspecified atom stereocenters. The minimum Gasteiger partial charge on any atom is -0.465 e. The summed E-state index contributed by atoms with van der Waals surface area (Å²) in [6.45, 7) is 4.49. The number of hydrogen-bond donors (Lipinski definition) is 0. The van der Waals surface area contributed by atoms with E-state index in [1.54, 1.807) is 12.1 Å². The highest BCUT2D eigenvalue weighted by molar-refractivity contribution is 5.95. The Morgan fingerprint density at radius 2 is 2.03 bits per heavy atom. The van der Waals surface area contributed by atoms with Crippen LogP contribution in [0.4, 0.5) is 16.0 Å². The Bertz CT molecular complexity index is 1290. The van der Waals surface area contributed by atoms with Crippen molar-refractivity contribution in [3.05, 3.63) is 69.6 Å². The molecule has 0 saturated carbocycles. The van der Waals surface area contributed by atoms with Crippen LogP contribution in [0.5, 0.6) is 0 Å². The van der Waals surface area contributed by atoms with Crippen LogP contribution >= 0.6 is 0 Å². The summed E-state index contributed by atoms with van der Waals surface area (Å²) in [6, 6.07) is 11.0. The van der Waals surface area contributed by atoms with Crippen LogP contribution in [0.25, 0.3) is 11.0 Å². The molecule has 0 amide bonds. The van der Waals surface area contributed by atoms with E-state index in [1.807, 2.05) is 17.9 Å². The second kappa shape index (κ2) is 9.10. The number of hydrogen-bond acceptors (Lipinski definition) is 7. The van der Waals surface area contributed by atoms with E-state index >= 15 is 0 Å². The normalized spacial score (nSPS) is 20.7. The SMILES string of the molecule is COC(=O)c1cc(C2CCCN2c2cccc(F)c2)c2oc(N3CCOC(C)C3)cc(=O)c2c1. The zero-order valence-corrected chi connectivity index (χ0v) is 19.3. The summed E-state index contributed by atoms with van der Waals surface area (Å²) < 4.78 is 30.9. The van der Waals surface area contributed by atoms with E-state index in [2.05, 4.69) is 4.90 Å². The number of fused-ring (bicyclic) bond motifs is 1. The van der Waals surface area contributed by atoms with Gasteiger partial charge in [0, 0.05) is 37.0 Å². The fraction of sp³-hybridized carbons (Fsp3) is 0.385. The lowest BCUT2D eigenvalue weighted by Crippen LogP contribution is -2.41. The number of nitrogens with zero attached hydrogens (tertiary/aromatic N) is 2. The smallest absolute Gasteiger partial charge is 0.337 e. The second-order valence-corrected chi connectivity index (χ2v) is 8.84. The summed E-state index contributed by atoms with van der Waals surface area (Å²) in [5, 5.41) is 0.328. The number of ether oxygens (including phenoxy) is 2. The fourth-order valence-electron chi connectivity index (χ4n) is 4.98. The zero-order chi connectivity index (χ0) is 23.8. The van der Waals surface area contributed by atoms with E-state index in [0.717, 1.165) is 30.6 Å². The number of halogens is 1. The van der Waals surface area contributed by atoms with Crippen molar-refractivity contribution in [1.29, 1.82) is 0 Å². The van der Waals surface area contributed by atoms with E-state index in [-0.39, 0.29) is 29.0 Å². The molecular formula is C26H27FN2O5. The first-order chi connectivity index (χ1) is 16.4. The first-order valence-electron chi connectivity index (χ1n) is 11.5. The Morgan fingerprint density at radius 1 is 1.18 bits per heavy atom. The van der Waals surface area contributed by atoms with Crippen molar-refractivity contribution in [3.63, 3.8) is 0 Å². The van der Waals surface area contributed by atoms with Crippen LogP contribution in [0, 0.1) is 5.82 Å². The largest absolute Gasteiger partial charge is 0.465 e. The molecule has 0 bridgehead atoms. The predicted octanol–water partition coefficient (Wildman–Crippen LogP) is 4.29. The monoisotopic (exact) mass is 466 g/mol. The summed E-state index contributed by atoms with van der Waals surface area (Å²) in [4.78, 5) is 29.8. The van der Waals surface area contributed by atoms with Crippen LogP contribution in [0.15, 0.2) is 51.7 Å². The Hall–Kier alpha value is -3.39. The van der Waals surface area contributed by atoms with Gasteiger partial charge in [-0.3, -0.25) is 4.79 Å². The Labute approximate surface area is 196 Å². The summed E-state index contributed by atoms with van der Waals surface area (Å²) in [7, 11) is 1.31. The Balaban J connectivity index is 1.68. The zero-order valence-electron chi connectivity index (χ0n) is 19.3. The van der Waals surface area contributed by atoms with Crippen molar-refractivity contribution in [3.8, 4) is 0 Å². The highest BCUT2D eigenvalue weighted by atomic mass is 19.1. The maximum Gasteiger partial charge on any atom is 0.337 e. The van der Waals surface area contributed by atoms with E-state index in [1.165, 1.54) is 31.4 Å². The third-order valence-electron chi connectivity index (χ3n) is 6.57. The standard InChI is InChI=1S/C26H27FN2O5/c1-16-15-28(9-10-33-16)24-14-23(30)21-12-17(26(31)32-2)11-20(25(21)34-24)22-7-4-8-29(22)19-6-3-5-18(27)13-19/h3,5-6,11-14,16,22H,4,7-10,15H2,1-2H3. The van der Waals surface area contributed by atoms with Crippen molar-refractivity contribution < 1.29 is 23.1 Å². The predicted molar refractivity (Wildman–Crippen MR) is 127 cm³/mol. The lowest BCUT2D eigenvalue weighted by Gasteiger charge is -2.32. The van der Waals surface area contributed by atoms with Crippen molar-refractivity contribution >= 4 is 28.5 Å². The first-order valence-corrected chi connectivity index (χ1v) is 11.5. The number of anilines is 2. The molecule has 7 nitrogen and oxygen atoms in total. The molecule has 0 N–H and O–H groups in total. The number of benzene rings is 2. The van der Waals surface area contributed by atoms with Gasteiger partial charge < -0.3 is 23.7 Å². The van der Waals surface area contributed by atoms with Crippen LogP contribution < -0.4 is 15.2 Å². The van der Waals surface area contributed by atoms with Gasteiger partial charge in [0.05, 0.1) is 36.8 Å². The molecule has 2 atom stereocenters. The average Bonchev–Trinajstić information content (AvgIpc) is 3.33. The molecule has 8 heteroatoms. The topological polar surface area (TPSA) is 72.2 Å². The summed E-state index contributed by atoms with van der Waals surface area (Å²) in [5.74, 6) is -0.356. The van der Waals surface area contributed by atoms with Gasteiger partial charge in [0.25, 0.3) is 0 Å². The van der Waals surface area contributed by atoms with E-state index in [9.17, 15) is 14.0 Å². The summed E-state index contributed by atoms with van der Waals surface area (Å²) in [6.07, 6.45) is 1.68. The second-order valence-electron chi connectivity index (χ2n) is 8.84. The highest BCUT2D eigenvalue weighted by Crippen LogP contribution is 2.40. The Morgan fingerprint density at radius 3 is 2.79 bits per heavy atom. The Kier molecular flexibility index (Phi) is 6.00. The summed E-state index contributed by atoms with van der Waals surface area (Å²) >= 11 is 0. The van der Waals surface area contributed by atoms with Crippen LogP contribution in [-0.4, -0.2) is 45.4 Å². The quantitative estimate of drug-likeness (QED) is 0.532.